The average molecular weight is 478 g/mol. The normalized spacial score (nSPS) is 15.0. The fourth-order valence-electron chi connectivity index (χ4n) is 3.74. The average Bonchev–Trinajstić information content (AvgIpc) is 2.91. The molecule has 0 amide bonds. The molecule has 3 heterocycles. The third kappa shape index (κ3) is 7.75. The summed E-state index contributed by atoms with van der Waals surface area (Å²) in [4.78, 5) is 15.5. The molecule has 1 atom stereocenters. The summed E-state index contributed by atoms with van der Waals surface area (Å²) < 4.78 is 5.81. The number of rotatable bonds is 7. The van der Waals surface area contributed by atoms with Crippen LogP contribution in [0.3, 0.4) is 0 Å². The number of benzene rings is 1. The molecule has 2 aromatic heterocycles. The Hall–Kier alpha value is -3.52. The molecule has 4 rings (SSSR count). The molecule has 8 nitrogen and oxygen atoms in total. The summed E-state index contributed by atoms with van der Waals surface area (Å²) in [6.45, 7) is 10.0. The zero-order chi connectivity index (χ0) is 25.6. The molecule has 0 bridgehead atoms. The zero-order valence-electron chi connectivity index (χ0n) is 21.8. The second-order valence-electron chi connectivity index (χ2n) is 7.61. The number of hydrogen-bond acceptors (Lipinski definition) is 8. The van der Waals surface area contributed by atoms with E-state index in [9.17, 15) is 0 Å². The number of pyridine rings is 1. The highest BCUT2D eigenvalue weighted by Crippen LogP contribution is 2.26. The van der Waals surface area contributed by atoms with Gasteiger partial charge in [0, 0.05) is 19.6 Å². The van der Waals surface area contributed by atoms with Crippen LogP contribution in [0.5, 0.6) is 11.5 Å². The second-order valence-corrected chi connectivity index (χ2v) is 7.61. The minimum Gasteiger partial charge on any atom is -0.456 e. The predicted octanol–water partition coefficient (Wildman–Crippen LogP) is 5.68. The van der Waals surface area contributed by atoms with E-state index >= 15 is 0 Å². The van der Waals surface area contributed by atoms with Crippen LogP contribution in [0.4, 0.5) is 11.6 Å². The Morgan fingerprint density at radius 3 is 2.31 bits per heavy atom. The Bertz CT molecular complexity index is 1030. The van der Waals surface area contributed by atoms with Crippen molar-refractivity contribution in [3.63, 3.8) is 0 Å². The molecule has 1 saturated heterocycles. The molecule has 1 unspecified atom stereocenters. The largest absolute Gasteiger partial charge is 0.456 e. The lowest BCUT2D eigenvalue weighted by atomic mass is 10.0. The number of likely N-dealkylation sites (N-methyl/N-ethyl adjacent to an activating group) is 1. The minimum absolute atomic E-state index is 0.253. The quantitative estimate of drug-likeness (QED) is 0.377. The van der Waals surface area contributed by atoms with Crippen molar-refractivity contribution in [2.75, 3.05) is 37.8 Å². The maximum absolute atomic E-state index is 8.83. The minimum atomic E-state index is 0.253. The van der Waals surface area contributed by atoms with E-state index in [2.05, 4.69) is 37.5 Å². The van der Waals surface area contributed by atoms with Gasteiger partial charge in [-0.05, 0) is 50.7 Å². The molecule has 0 spiro atoms. The Balaban J connectivity index is 0.00000103. The van der Waals surface area contributed by atoms with Gasteiger partial charge in [-0.3, -0.25) is 10.4 Å². The van der Waals surface area contributed by atoms with Crippen LogP contribution in [0.1, 0.15) is 51.8 Å². The standard InChI is InChI=1S/C23H27N7O.2C2H6/c1-25-22-20(23(28-15-27-22)29-16-7-6-12-30(2)14-16)21(24)19-11-10-18(13-26-19)31-17-8-4-3-5-9-17;2*1-2/h3-5,8-11,13,15-16,24H,6-7,12,14H2,1-2H3,(H2,25,27,28,29);2*1-2H3. The maximum Gasteiger partial charge on any atom is 0.145 e. The molecule has 0 saturated carbocycles. The van der Waals surface area contributed by atoms with Crippen LogP contribution in [0.2, 0.25) is 0 Å². The van der Waals surface area contributed by atoms with Gasteiger partial charge < -0.3 is 20.3 Å². The number of aromatic nitrogens is 3. The molecule has 3 N–H and O–H groups in total. The zero-order valence-corrected chi connectivity index (χ0v) is 21.8. The number of nitrogens with one attached hydrogen (secondary N) is 3. The summed E-state index contributed by atoms with van der Waals surface area (Å²) in [5.74, 6) is 2.60. The van der Waals surface area contributed by atoms with E-state index in [1.165, 1.54) is 6.33 Å². The highest BCUT2D eigenvalue weighted by molar-refractivity contribution is 6.15. The fraction of sp³-hybridized carbons (Fsp3) is 0.407. The Morgan fingerprint density at radius 1 is 0.971 bits per heavy atom. The molecular formula is C27H39N7O. The lowest BCUT2D eigenvalue weighted by molar-refractivity contribution is 0.260. The molecule has 35 heavy (non-hydrogen) atoms. The van der Waals surface area contributed by atoms with Gasteiger partial charge >= 0.3 is 0 Å². The molecular weight excluding hydrogens is 438 g/mol. The van der Waals surface area contributed by atoms with Gasteiger partial charge in [-0.2, -0.15) is 0 Å². The van der Waals surface area contributed by atoms with Crippen molar-refractivity contribution in [3.8, 4) is 11.5 Å². The van der Waals surface area contributed by atoms with Gasteiger partial charge in [-0.1, -0.05) is 45.9 Å². The van der Waals surface area contributed by atoms with Crippen molar-refractivity contribution in [1.29, 1.82) is 5.41 Å². The first-order chi connectivity index (χ1) is 17.1. The van der Waals surface area contributed by atoms with Gasteiger partial charge in [0.25, 0.3) is 0 Å². The van der Waals surface area contributed by atoms with Crippen molar-refractivity contribution in [1.82, 2.24) is 19.9 Å². The monoisotopic (exact) mass is 477 g/mol. The van der Waals surface area contributed by atoms with E-state index in [4.69, 9.17) is 10.1 Å². The summed E-state index contributed by atoms with van der Waals surface area (Å²) in [5.41, 5.74) is 1.39. The maximum atomic E-state index is 8.83. The summed E-state index contributed by atoms with van der Waals surface area (Å²) in [6.07, 6.45) is 5.35. The van der Waals surface area contributed by atoms with Gasteiger partial charge in [0.1, 0.15) is 29.5 Å². The van der Waals surface area contributed by atoms with E-state index < -0.39 is 0 Å². The SMILES string of the molecule is CC.CC.CNc1ncnc(NC2CCCN(C)C2)c1C(=N)c1ccc(Oc2ccccc2)cn1. The van der Waals surface area contributed by atoms with E-state index in [-0.39, 0.29) is 11.8 Å². The van der Waals surface area contributed by atoms with Gasteiger partial charge in [0.05, 0.1) is 23.2 Å². The molecule has 188 valence electrons. The number of anilines is 2. The smallest absolute Gasteiger partial charge is 0.145 e. The molecule has 1 aliphatic heterocycles. The molecule has 0 aliphatic carbocycles. The van der Waals surface area contributed by atoms with Gasteiger partial charge in [-0.25, -0.2) is 9.97 Å². The Labute approximate surface area is 209 Å². The molecule has 1 fully saturated rings. The summed E-state index contributed by atoms with van der Waals surface area (Å²) in [6, 6.07) is 13.4. The summed E-state index contributed by atoms with van der Waals surface area (Å²) in [7, 11) is 3.92. The third-order valence-corrected chi connectivity index (χ3v) is 5.27. The molecule has 0 radical (unpaired) electrons. The van der Waals surface area contributed by atoms with Gasteiger partial charge in [-0.15, -0.1) is 0 Å². The van der Waals surface area contributed by atoms with Crippen LogP contribution in [-0.2, 0) is 0 Å². The lowest BCUT2D eigenvalue weighted by Gasteiger charge is -2.31. The van der Waals surface area contributed by atoms with Crippen LogP contribution >= 0.6 is 0 Å². The van der Waals surface area contributed by atoms with Crippen LogP contribution < -0.4 is 15.4 Å². The van der Waals surface area contributed by atoms with E-state index in [1.54, 1.807) is 19.3 Å². The Morgan fingerprint density at radius 2 is 1.69 bits per heavy atom. The van der Waals surface area contributed by atoms with Crippen molar-refractivity contribution < 1.29 is 4.74 Å². The number of piperidine rings is 1. The number of ether oxygens (including phenoxy) is 1. The first-order valence-corrected chi connectivity index (χ1v) is 12.4. The Kier molecular flexibility index (Phi) is 11.6. The van der Waals surface area contributed by atoms with Gasteiger partial charge in [0.15, 0.2) is 0 Å². The van der Waals surface area contributed by atoms with Crippen molar-refractivity contribution in [2.45, 2.75) is 46.6 Å². The highest BCUT2D eigenvalue weighted by Gasteiger charge is 2.23. The third-order valence-electron chi connectivity index (χ3n) is 5.27. The van der Waals surface area contributed by atoms with E-state index in [0.29, 0.717) is 28.6 Å². The van der Waals surface area contributed by atoms with Crippen LogP contribution in [0.25, 0.3) is 0 Å². The first-order valence-electron chi connectivity index (χ1n) is 12.4. The van der Waals surface area contributed by atoms with Crippen molar-refractivity contribution >= 4 is 17.3 Å². The van der Waals surface area contributed by atoms with Crippen LogP contribution in [0.15, 0.2) is 55.0 Å². The summed E-state index contributed by atoms with van der Waals surface area (Å²) >= 11 is 0. The molecule has 8 heteroatoms. The number of hydrogen-bond donors (Lipinski definition) is 3. The second kappa shape index (κ2) is 14.7. The number of nitrogens with zero attached hydrogens (tertiary/aromatic N) is 4. The fourth-order valence-corrected chi connectivity index (χ4v) is 3.74. The van der Waals surface area contributed by atoms with E-state index in [1.807, 2.05) is 64.1 Å². The molecule has 3 aromatic rings. The number of para-hydroxylation sites is 1. The van der Waals surface area contributed by atoms with Gasteiger partial charge in [0.2, 0.25) is 0 Å². The van der Waals surface area contributed by atoms with E-state index in [0.717, 1.165) is 31.7 Å². The number of likely N-dealkylation sites (tertiary alicyclic amines) is 1. The molecule has 1 aliphatic rings. The van der Waals surface area contributed by atoms with Crippen molar-refractivity contribution in [2.24, 2.45) is 0 Å². The summed E-state index contributed by atoms with van der Waals surface area (Å²) in [5, 5.41) is 15.4. The highest BCUT2D eigenvalue weighted by atomic mass is 16.5. The van der Waals surface area contributed by atoms with Crippen LogP contribution in [-0.4, -0.2) is 58.8 Å². The topological polar surface area (TPSA) is 99.1 Å². The first kappa shape index (κ1) is 27.7. The lowest BCUT2D eigenvalue weighted by Crippen LogP contribution is -2.40. The molecule has 1 aromatic carbocycles. The van der Waals surface area contributed by atoms with Crippen LogP contribution in [0, 0.1) is 5.41 Å². The predicted molar refractivity (Wildman–Crippen MR) is 145 cm³/mol. The van der Waals surface area contributed by atoms with Crippen molar-refractivity contribution in [3.05, 3.63) is 66.2 Å².